The van der Waals surface area contributed by atoms with Crippen LogP contribution in [0.5, 0.6) is 5.75 Å². The minimum absolute atomic E-state index is 0.0577. The van der Waals surface area contributed by atoms with Gasteiger partial charge in [0, 0.05) is 31.5 Å². The Labute approximate surface area is 148 Å². The summed E-state index contributed by atoms with van der Waals surface area (Å²) in [6, 6.07) is 12.4. The van der Waals surface area contributed by atoms with Crippen LogP contribution in [0.1, 0.15) is 18.4 Å². The number of carbonyl (C=O) groups is 1. The molecule has 5 nitrogen and oxygen atoms in total. The zero-order chi connectivity index (χ0) is 17.1. The number of ether oxygens (including phenoxy) is 1. The number of rotatable bonds is 3. The van der Waals surface area contributed by atoms with Gasteiger partial charge in [0.05, 0.1) is 11.6 Å². The number of piperidine rings is 1. The normalized spacial score (nSPS) is 20.5. The number of anilines is 1. The molecule has 0 bridgehead atoms. The number of carbonyl (C=O) groups excluding carboxylic acids is 1. The fourth-order valence-electron chi connectivity index (χ4n) is 3.67. The lowest BCUT2D eigenvalue weighted by Gasteiger charge is -2.36. The first-order valence-corrected chi connectivity index (χ1v) is 8.95. The topological polar surface area (TPSA) is 54.5 Å². The summed E-state index contributed by atoms with van der Waals surface area (Å²) in [5.41, 5.74) is 2.18. The van der Waals surface area contributed by atoms with Crippen molar-refractivity contribution in [1.29, 1.82) is 0 Å². The molecule has 1 amide bonds. The van der Waals surface area contributed by atoms with E-state index in [1.807, 2.05) is 41.4 Å². The highest BCUT2D eigenvalue weighted by molar-refractivity contribution is 5.80. The van der Waals surface area contributed by atoms with Gasteiger partial charge in [0.2, 0.25) is 5.91 Å². The van der Waals surface area contributed by atoms with Crippen LogP contribution in [-0.4, -0.2) is 41.5 Å². The summed E-state index contributed by atoms with van der Waals surface area (Å²) in [5.74, 6) is 1.10. The van der Waals surface area contributed by atoms with E-state index < -0.39 is 0 Å². The maximum atomic E-state index is 12.8. The van der Waals surface area contributed by atoms with E-state index in [0.717, 1.165) is 49.4 Å². The highest BCUT2D eigenvalue weighted by atomic mass is 16.5. The number of hydrogen-bond donors (Lipinski definition) is 1. The van der Waals surface area contributed by atoms with Crippen molar-refractivity contribution in [3.8, 4) is 5.75 Å². The van der Waals surface area contributed by atoms with E-state index in [2.05, 4.69) is 16.4 Å². The summed E-state index contributed by atoms with van der Waals surface area (Å²) in [6.45, 7) is 2.09. The zero-order valence-corrected chi connectivity index (χ0v) is 14.2. The molecule has 1 N–H and O–H groups in total. The number of hydrogen-bond acceptors (Lipinski definition) is 4. The fourth-order valence-corrected chi connectivity index (χ4v) is 3.67. The van der Waals surface area contributed by atoms with Gasteiger partial charge in [-0.25, -0.2) is 0 Å². The first-order chi connectivity index (χ1) is 12.3. The number of aromatic nitrogens is 1. The Bertz CT molecular complexity index is 727. The van der Waals surface area contributed by atoms with E-state index in [-0.39, 0.29) is 11.8 Å². The van der Waals surface area contributed by atoms with Crippen molar-refractivity contribution in [3.05, 3.63) is 54.4 Å². The maximum absolute atomic E-state index is 12.8. The molecule has 1 aromatic heterocycles. The van der Waals surface area contributed by atoms with Crippen LogP contribution in [0.25, 0.3) is 0 Å². The predicted molar refractivity (Wildman–Crippen MR) is 96.6 cm³/mol. The summed E-state index contributed by atoms with van der Waals surface area (Å²) >= 11 is 0. The lowest BCUT2D eigenvalue weighted by atomic mass is 9.94. The molecule has 1 fully saturated rings. The molecule has 1 saturated heterocycles. The van der Waals surface area contributed by atoms with E-state index in [1.165, 1.54) is 0 Å². The van der Waals surface area contributed by atoms with Crippen LogP contribution >= 0.6 is 0 Å². The molecule has 0 aliphatic carbocycles. The van der Waals surface area contributed by atoms with Crippen LogP contribution in [0.2, 0.25) is 0 Å². The average Bonchev–Trinajstić information content (AvgIpc) is 2.68. The van der Waals surface area contributed by atoms with Gasteiger partial charge in [-0.1, -0.05) is 18.2 Å². The van der Waals surface area contributed by atoms with Crippen molar-refractivity contribution < 1.29 is 9.53 Å². The summed E-state index contributed by atoms with van der Waals surface area (Å²) in [7, 11) is 0. The first-order valence-electron chi connectivity index (χ1n) is 8.95. The summed E-state index contributed by atoms with van der Waals surface area (Å²) < 4.78 is 5.78. The van der Waals surface area contributed by atoms with Crippen LogP contribution < -0.4 is 10.1 Å². The summed E-state index contributed by atoms with van der Waals surface area (Å²) in [6.07, 6.45) is 6.32. The fraction of sp³-hybridized carbons (Fsp3) is 0.400. The summed E-state index contributed by atoms with van der Waals surface area (Å²) in [5, 5.41) is 3.51. The molecule has 0 unspecified atom stereocenters. The Morgan fingerprint density at radius 3 is 2.80 bits per heavy atom. The number of amides is 1. The molecular weight excluding hydrogens is 314 g/mol. The second-order valence-electron chi connectivity index (χ2n) is 6.81. The van der Waals surface area contributed by atoms with Gasteiger partial charge in [-0.05, 0) is 43.0 Å². The number of nitrogens with zero attached hydrogens (tertiary/aromatic N) is 2. The molecule has 1 atom stereocenters. The highest BCUT2D eigenvalue weighted by Crippen LogP contribution is 2.28. The second-order valence-corrected chi connectivity index (χ2v) is 6.81. The molecule has 5 heteroatoms. The largest absolute Gasteiger partial charge is 0.492 e. The van der Waals surface area contributed by atoms with Crippen molar-refractivity contribution in [1.82, 2.24) is 9.88 Å². The molecule has 0 spiro atoms. The van der Waals surface area contributed by atoms with Gasteiger partial charge in [0.1, 0.15) is 12.4 Å². The molecule has 1 aromatic carbocycles. The first kappa shape index (κ1) is 15.9. The average molecular weight is 337 g/mol. The third kappa shape index (κ3) is 3.60. The van der Waals surface area contributed by atoms with Crippen LogP contribution in [-0.2, 0) is 11.2 Å². The van der Waals surface area contributed by atoms with Gasteiger partial charge >= 0.3 is 0 Å². The van der Waals surface area contributed by atoms with Crippen molar-refractivity contribution in [2.75, 3.05) is 25.0 Å². The number of likely N-dealkylation sites (tertiary alicyclic amines) is 1. The highest BCUT2D eigenvalue weighted by Gasteiger charge is 2.31. The summed E-state index contributed by atoms with van der Waals surface area (Å²) in [4.78, 5) is 19.0. The molecule has 0 saturated carbocycles. The smallest absolute Gasteiger partial charge is 0.229 e. The van der Waals surface area contributed by atoms with Crippen molar-refractivity contribution in [2.45, 2.75) is 25.3 Å². The van der Waals surface area contributed by atoms with E-state index in [4.69, 9.17) is 4.74 Å². The Morgan fingerprint density at radius 2 is 2.00 bits per heavy atom. The Balaban J connectivity index is 1.31. The van der Waals surface area contributed by atoms with Gasteiger partial charge in [0.15, 0.2) is 0 Å². The van der Waals surface area contributed by atoms with E-state index in [0.29, 0.717) is 12.6 Å². The molecule has 2 aliphatic rings. The number of para-hydroxylation sites is 1. The van der Waals surface area contributed by atoms with Crippen molar-refractivity contribution >= 4 is 11.6 Å². The minimum atomic E-state index is -0.0577. The number of pyridine rings is 1. The van der Waals surface area contributed by atoms with Crippen molar-refractivity contribution in [3.63, 3.8) is 0 Å². The third-order valence-electron chi connectivity index (χ3n) is 5.07. The Hall–Kier alpha value is -2.56. The monoisotopic (exact) mass is 337 g/mol. The predicted octanol–water partition coefficient (Wildman–Crippen LogP) is 2.74. The standard InChI is InChI=1S/C20H23N3O2/c24-20(16-12-15-4-1-2-6-19(15)25-14-16)23-10-7-17(8-11-23)22-18-5-3-9-21-13-18/h1-6,9,13,16-17,22H,7-8,10-12,14H2/t16-/m1/s1. The molecule has 0 radical (unpaired) electrons. The molecule has 25 heavy (non-hydrogen) atoms. The zero-order valence-electron chi connectivity index (χ0n) is 14.2. The molecule has 3 heterocycles. The van der Waals surface area contributed by atoms with Gasteiger partial charge in [-0.2, -0.15) is 0 Å². The maximum Gasteiger partial charge on any atom is 0.229 e. The molecule has 4 rings (SSSR count). The van der Waals surface area contributed by atoms with Crippen LogP contribution in [0.4, 0.5) is 5.69 Å². The van der Waals surface area contributed by atoms with Gasteiger partial charge in [-0.15, -0.1) is 0 Å². The van der Waals surface area contributed by atoms with Gasteiger partial charge in [-0.3, -0.25) is 9.78 Å². The minimum Gasteiger partial charge on any atom is -0.492 e. The van der Waals surface area contributed by atoms with E-state index in [1.54, 1.807) is 6.20 Å². The Morgan fingerprint density at radius 1 is 1.16 bits per heavy atom. The van der Waals surface area contributed by atoms with Gasteiger partial charge < -0.3 is 15.0 Å². The Kier molecular flexibility index (Phi) is 4.55. The quantitative estimate of drug-likeness (QED) is 0.936. The molecular formula is C20H23N3O2. The SMILES string of the molecule is O=C([C@H]1COc2ccccc2C1)N1CCC(Nc2cccnc2)CC1. The van der Waals surface area contributed by atoms with E-state index in [9.17, 15) is 4.79 Å². The third-order valence-corrected chi connectivity index (χ3v) is 5.07. The van der Waals surface area contributed by atoms with Crippen LogP contribution in [0, 0.1) is 5.92 Å². The van der Waals surface area contributed by atoms with Gasteiger partial charge in [0.25, 0.3) is 0 Å². The number of fused-ring (bicyclic) bond motifs is 1. The number of benzene rings is 1. The molecule has 2 aliphatic heterocycles. The lowest BCUT2D eigenvalue weighted by Crippen LogP contribution is -2.47. The van der Waals surface area contributed by atoms with Crippen LogP contribution in [0.15, 0.2) is 48.8 Å². The van der Waals surface area contributed by atoms with Crippen molar-refractivity contribution in [2.24, 2.45) is 5.92 Å². The number of nitrogens with one attached hydrogen (secondary N) is 1. The van der Waals surface area contributed by atoms with E-state index >= 15 is 0 Å². The van der Waals surface area contributed by atoms with Crippen LogP contribution in [0.3, 0.4) is 0 Å². The second kappa shape index (κ2) is 7.13. The lowest BCUT2D eigenvalue weighted by molar-refractivity contribution is -0.137. The molecule has 2 aromatic rings. The molecule has 130 valence electrons.